The second-order valence-electron chi connectivity index (χ2n) is 7.11. The first kappa shape index (κ1) is 17.9. The predicted molar refractivity (Wildman–Crippen MR) is 107 cm³/mol. The first-order chi connectivity index (χ1) is 13.5. The van der Waals surface area contributed by atoms with Gasteiger partial charge in [-0.05, 0) is 43.2 Å². The molecule has 0 aliphatic carbocycles. The first-order valence-corrected chi connectivity index (χ1v) is 9.11. The Morgan fingerprint density at radius 3 is 2.61 bits per heavy atom. The molecule has 4 rings (SSSR count). The van der Waals surface area contributed by atoms with Crippen LogP contribution < -0.4 is 10.1 Å². The summed E-state index contributed by atoms with van der Waals surface area (Å²) in [4.78, 5) is 28.9. The highest BCUT2D eigenvalue weighted by Gasteiger charge is 2.43. The fraction of sp³-hybridized carbons (Fsp3) is 0.174. The molecule has 1 N–H and O–H groups in total. The van der Waals surface area contributed by atoms with E-state index < -0.39 is 5.60 Å². The fourth-order valence-corrected chi connectivity index (χ4v) is 3.41. The van der Waals surface area contributed by atoms with Crippen molar-refractivity contribution in [3.63, 3.8) is 0 Å². The van der Waals surface area contributed by atoms with E-state index in [1.165, 1.54) is 6.92 Å². The van der Waals surface area contributed by atoms with Crippen molar-refractivity contribution in [3.05, 3.63) is 78.0 Å². The van der Waals surface area contributed by atoms with Crippen LogP contribution in [0.25, 0.3) is 11.1 Å². The van der Waals surface area contributed by atoms with Crippen molar-refractivity contribution in [2.24, 2.45) is 0 Å². The van der Waals surface area contributed by atoms with E-state index in [0.717, 1.165) is 16.7 Å². The summed E-state index contributed by atoms with van der Waals surface area (Å²) < 4.78 is 5.98. The van der Waals surface area contributed by atoms with E-state index in [2.05, 4.69) is 10.3 Å². The van der Waals surface area contributed by atoms with Crippen LogP contribution in [0.4, 0.5) is 5.69 Å². The van der Waals surface area contributed by atoms with Crippen LogP contribution in [0.3, 0.4) is 0 Å². The van der Waals surface area contributed by atoms with Gasteiger partial charge in [0.2, 0.25) is 5.88 Å². The Kier molecular flexibility index (Phi) is 4.43. The topological polar surface area (TPSA) is 68.3 Å². The number of ether oxygens (including phenoxy) is 1. The minimum Gasteiger partial charge on any atom is -0.461 e. The molecule has 0 saturated heterocycles. The molecular weight excluding hydrogens is 352 g/mol. The summed E-state index contributed by atoms with van der Waals surface area (Å²) >= 11 is 0. The van der Waals surface area contributed by atoms with Gasteiger partial charge in [0.05, 0.1) is 0 Å². The Bertz CT molecular complexity index is 1060. The van der Waals surface area contributed by atoms with Crippen LogP contribution >= 0.6 is 0 Å². The lowest BCUT2D eigenvalue weighted by Gasteiger charge is -2.22. The molecule has 5 heteroatoms. The van der Waals surface area contributed by atoms with Gasteiger partial charge in [-0.2, -0.15) is 0 Å². The molecule has 1 aliphatic heterocycles. The van der Waals surface area contributed by atoms with Crippen molar-refractivity contribution >= 4 is 17.4 Å². The largest absolute Gasteiger partial charge is 0.461 e. The molecule has 0 spiro atoms. The molecule has 0 bridgehead atoms. The van der Waals surface area contributed by atoms with Crippen LogP contribution in [0.2, 0.25) is 0 Å². The summed E-state index contributed by atoms with van der Waals surface area (Å²) in [5, 5.41) is 2.87. The zero-order valence-electron chi connectivity index (χ0n) is 15.7. The van der Waals surface area contributed by atoms with Crippen molar-refractivity contribution in [2.75, 3.05) is 5.32 Å². The van der Waals surface area contributed by atoms with Gasteiger partial charge in [-0.3, -0.25) is 9.59 Å². The zero-order chi connectivity index (χ0) is 19.7. The van der Waals surface area contributed by atoms with Crippen molar-refractivity contribution < 1.29 is 14.3 Å². The third-order valence-corrected chi connectivity index (χ3v) is 4.94. The average Bonchev–Trinajstić information content (AvgIpc) is 3.06. The Labute approximate surface area is 163 Å². The molecule has 1 aromatic heterocycles. The third kappa shape index (κ3) is 3.27. The standard InChI is InChI=1S/C23H20N2O3/c1-15(26)17-9-6-10-18(13-17)25-22(27)23(2)14-20-19(11-12-24-21(20)28-23)16-7-4-3-5-8-16/h3-13H,14H2,1-2H3,(H,25,27). The number of fused-ring (bicyclic) bond motifs is 1. The number of carbonyl (C=O) groups excluding carboxylic acids is 2. The third-order valence-electron chi connectivity index (χ3n) is 4.94. The van der Waals surface area contributed by atoms with Gasteiger partial charge >= 0.3 is 0 Å². The Balaban J connectivity index is 1.60. The Morgan fingerprint density at radius 1 is 1.07 bits per heavy atom. The molecule has 0 radical (unpaired) electrons. The minimum absolute atomic E-state index is 0.0523. The molecule has 0 saturated carbocycles. The van der Waals surface area contributed by atoms with Crippen molar-refractivity contribution in [1.29, 1.82) is 0 Å². The molecule has 2 heterocycles. The van der Waals surface area contributed by atoms with Crippen LogP contribution in [-0.2, 0) is 11.2 Å². The Morgan fingerprint density at radius 2 is 1.86 bits per heavy atom. The number of rotatable bonds is 4. The number of anilines is 1. The lowest BCUT2D eigenvalue weighted by Crippen LogP contribution is -2.44. The van der Waals surface area contributed by atoms with Crippen LogP contribution in [0, 0.1) is 0 Å². The van der Waals surface area contributed by atoms with Gasteiger partial charge in [0, 0.05) is 29.4 Å². The smallest absolute Gasteiger partial charge is 0.268 e. The number of benzene rings is 2. The summed E-state index contributed by atoms with van der Waals surface area (Å²) in [6, 6.07) is 18.8. The number of carbonyl (C=O) groups is 2. The van der Waals surface area contributed by atoms with Gasteiger partial charge in [-0.15, -0.1) is 0 Å². The quantitative estimate of drug-likeness (QED) is 0.694. The van der Waals surface area contributed by atoms with Crippen molar-refractivity contribution in [2.45, 2.75) is 25.9 Å². The highest BCUT2D eigenvalue weighted by Crippen LogP contribution is 2.39. The molecule has 0 fully saturated rings. The molecule has 28 heavy (non-hydrogen) atoms. The molecule has 3 aromatic rings. The van der Waals surface area contributed by atoms with Crippen LogP contribution in [-0.4, -0.2) is 22.3 Å². The highest BCUT2D eigenvalue weighted by atomic mass is 16.5. The minimum atomic E-state index is -1.08. The van der Waals surface area contributed by atoms with Gasteiger partial charge in [0.25, 0.3) is 5.91 Å². The number of nitrogens with one attached hydrogen (secondary N) is 1. The maximum atomic E-state index is 13.0. The number of pyridine rings is 1. The van der Waals surface area contributed by atoms with E-state index in [-0.39, 0.29) is 11.7 Å². The summed E-state index contributed by atoms with van der Waals surface area (Å²) in [5.41, 5.74) is 3.03. The predicted octanol–water partition coefficient (Wildman–Crippen LogP) is 4.28. The van der Waals surface area contributed by atoms with Crippen LogP contribution in [0.1, 0.15) is 29.8 Å². The first-order valence-electron chi connectivity index (χ1n) is 9.11. The summed E-state index contributed by atoms with van der Waals surface area (Å²) in [6.07, 6.45) is 2.11. The summed E-state index contributed by atoms with van der Waals surface area (Å²) in [7, 11) is 0. The number of nitrogens with zero attached hydrogens (tertiary/aromatic N) is 1. The molecule has 5 nitrogen and oxygen atoms in total. The maximum absolute atomic E-state index is 13.0. The van der Waals surface area contributed by atoms with E-state index in [4.69, 9.17) is 4.74 Å². The molecule has 1 unspecified atom stereocenters. The fourth-order valence-electron chi connectivity index (χ4n) is 3.41. The zero-order valence-corrected chi connectivity index (χ0v) is 15.7. The molecule has 1 amide bonds. The van der Waals surface area contributed by atoms with E-state index in [1.807, 2.05) is 36.4 Å². The van der Waals surface area contributed by atoms with Crippen LogP contribution in [0.5, 0.6) is 5.88 Å². The highest BCUT2D eigenvalue weighted by molar-refractivity contribution is 6.00. The number of Topliss-reactive ketones (excluding diaryl/α,β-unsaturated/α-hetero) is 1. The van der Waals surface area contributed by atoms with Gasteiger partial charge in [0.1, 0.15) is 0 Å². The molecule has 2 aromatic carbocycles. The van der Waals surface area contributed by atoms with Gasteiger partial charge in [-0.25, -0.2) is 4.98 Å². The molecule has 1 atom stereocenters. The van der Waals surface area contributed by atoms with Crippen LogP contribution in [0.15, 0.2) is 66.9 Å². The number of hydrogen-bond donors (Lipinski definition) is 1. The normalized spacial score (nSPS) is 17.5. The molecule has 1 aliphatic rings. The average molecular weight is 372 g/mol. The summed E-state index contributed by atoms with van der Waals surface area (Å²) in [6.45, 7) is 3.25. The Hall–Kier alpha value is -3.47. The summed E-state index contributed by atoms with van der Waals surface area (Å²) in [5.74, 6) is 0.158. The van der Waals surface area contributed by atoms with E-state index >= 15 is 0 Å². The number of amides is 1. The van der Waals surface area contributed by atoms with Crippen molar-refractivity contribution in [3.8, 4) is 17.0 Å². The van der Waals surface area contributed by atoms with Crippen molar-refractivity contribution in [1.82, 2.24) is 4.98 Å². The van der Waals surface area contributed by atoms with Gasteiger partial charge in [-0.1, -0.05) is 42.5 Å². The van der Waals surface area contributed by atoms with E-state index in [1.54, 1.807) is 37.4 Å². The maximum Gasteiger partial charge on any atom is 0.268 e. The number of aromatic nitrogens is 1. The van der Waals surface area contributed by atoms with E-state index in [9.17, 15) is 9.59 Å². The lowest BCUT2D eigenvalue weighted by molar-refractivity contribution is -0.128. The second kappa shape index (κ2) is 6.93. The van der Waals surface area contributed by atoms with Gasteiger partial charge in [0.15, 0.2) is 11.4 Å². The van der Waals surface area contributed by atoms with E-state index in [0.29, 0.717) is 23.6 Å². The monoisotopic (exact) mass is 372 g/mol. The molecule has 140 valence electrons. The number of hydrogen-bond acceptors (Lipinski definition) is 4. The number of ketones is 1. The SMILES string of the molecule is CC(=O)c1cccc(NC(=O)C2(C)Cc3c(-c4ccccc4)ccnc3O2)c1. The van der Waals surface area contributed by atoms with Gasteiger partial charge < -0.3 is 10.1 Å². The lowest BCUT2D eigenvalue weighted by atomic mass is 9.93. The second-order valence-corrected chi connectivity index (χ2v) is 7.11. The molecular formula is C23H20N2O3.